The predicted octanol–water partition coefficient (Wildman–Crippen LogP) is 5.03. The number of ether oxygens (including phenoxy) is 1. The zero-order valence-corrected chi connectivity index (χ0v) is 18.4. The molecule has 0 unspecified atom stereocenters. The fourth-order valence-electron chi connectivity index (χ4n) is 3.78. The normalized spacial score (nSPS) is 15.7. The molecule has 1 heterocycles. The average Bonchev–Trinajstić information content (AvgIpc) is 2.71. The number of hydrogen-bond acceptors (Lipinski definition) is 3. The van der Waals surface area contributed by atoms with Crippen LogP contribution < -0.4 is 10.1 Å². The van der Waals surface area contributed by atoms with Gasteiger partial charge in [-0.25, -0.2) is 0 Å². The standard InChI is InChI=1S/C24H31ClN2O2/c1-17-12-22(13-18(2)23(17)25)29-19(3)24(28)26-15-20-8-7-9-21(14-20)16-27-10-5-4-6-11-27/h7-9,12-14,19H,4-6,10-11,15-16H2,1-3H3,(H,26,28)/t19-/m0/s1. The van der Waals surface area contributed by atoms with E-state index in [1.54, 1.807) is 6.92 Å². The Labute approximate surface area is 179 Å². The summed E-state index contributed by atoms with van der Waals surface area (Å²) in [6, 6.07) is 12.2. The number of carbonyl (C=O) groups is 1. The molecule has 1 fully saturated rings. The van der Waals surface area contributed by atoms with E-state index in [1.807, 2.05) is 26.0 Å². The van der Waals surface area contributed by atoms with Crippen LogP contribution in [0, 0.1) is 13.8 Å². The van der Waals surface area contributed by atoms with E-state index in [4.69, 9.17) is 16.3 Å². The van der Waals surface area contributed by atoms with E-state index in [0.29, 0.717) is 12.3 Å². The summed E-state index contributed by atoms with van der Waals surface area (Å²) in [5, 5.41) is 3.72. The second-order valence-electron chi connectivity index (χ2n) is 8.01. The van der Waals surface area contributed by atoms with Crippen molar-refractivity contribution in [2.75, 3.05) is 13.1 Å². The van der Waals surface area contributed by atoms with Crippen molar-refractivity contribution in [1.29, 1.82) is 0 Å². The highest BCUT2D eigenvalue weighted by Crippen LogP contribution is 2.26. The lowest BCUT2D eigenvalue weighted by Crippen LogP contribution is -2.36. The van der Waals surface area contributed by atoms with Gasteiger partial charge in [0.15, 0.2) is 6.10 Å². The van der Waals surface area contributed by atoms with Crippen molar-refractivity contribution in [3.63, 3.8) is 0 Å². The monoisotopic (exact) mass is 414 g/mol. The van der Waals surface area contributed by atoms with Gasteiger partial charge in [0, 0.05) is 18.1 Å². The highest BCUT2D eigenvalue weighted by Gasteiger charge is 2.16. The SMILES string of the molecule is Cc1cc(O[C@@H](C)C(=O)NCc2cccc(CN3CCCCC3)c2)cc(C)c1Cl. The van der Waals surface area contributed by atoms with Crippen LogP contribution >= 0.6 is 11.6 Å². The number of nitrogens with zero attached hydrogens (tertiary/aromatic N) is 1. The fourth-order valence-corrected chi connectivity index (χ4v) is 3.89. The third kappa shape index (κ3) is 6.22. The van der Waals surface area contributed by atoms with Crippen LogP contribution in [-0.2, 0) is 17.9 Å². The van der Waals surface area contributed by atoms with Crippen LogP contribution in [0.1, 0.15) is 48.4 Å². The summed E-state index contributed by atoms with van der Waals surface area (Å²) in [4.78, 5) is 15.0. The van der Waals surface area contributed by atoms with E-state index in [1.165, 1.54) is 37.9 Å². The molecule has 1 amide bonds. The number of carbonyl (C=O) groups excluding carboxylic acids is 1. The Bertz CT molecular complexity index is 824. The molecule has 0 radical (unpaired) electrons. The molecule has 3 rings (SSSR count). The molecule has 156 valence electrons. The molecule has 2 aromatic rings. The highest BCUT2D eigenvalue weighted by atomic mass is 35.5. The first kappa shape index (κ1) is 21.7. The quantitative estimate of drug-likeness (QED) is 0.691. The van der Waals surface area contributed by atoms with Gasteiger partial charge in [0.05, 0.1) is 0 Å². The Hall–Kier alpha value is -2.04. The molecule has 0 saturated carbocycles. The Morgan fingerprint density at radius 1 is 1.10 bits per heavy atom. The van der Waals surface area contributed by atoms with Crippen molar-refractivity contribution in [2.24, 2.45) is 0 Å². The molecule has 1 N–H and O–H groups in total. The van der Waals surface area contributed by atoms with Gasteiger partial charge in [-0.15, -0.1) is 0 Å². The van der Waals surface area contributed by atoms with Gasteiger partial charge < -0.3 is 10.1 Å². The van der Waals surface area contributed by atoms with Gasteiger partial charge in [0.25, 0.3) is 5.91 Å². The molecule has 1 aliphatic rings. The van der Waals surface area contributed by atoms with E-state index in [2.05, 4.69) is 34.5 Å². The maximum absolute atomic E-state index is 12.5. The first-order chi connectivity index (χ1) is 13.9. The second-order valence-corrected chi connectivity index (χ2v) is 8.38. The molecule has 0 aliphatic carbocycles. The summed E-state index contributed by atoms with van der Waals surface area (Å²) in [5.41, 5.74) is 4.30. The molecule has 0 aromatic heterocycles. The van der Waals surface area contributed by atoms with Gasteiger partial charge in [0.2, 0.25) is 0 Å². The Morgan fingerprint density at radius 2 is 1.76 bits per heavy atom. The average molecular weight is 415 g/mol. The number of amides is 1. The fraction of sp³-hybridized carbons (Fsp3) is 0.458. The molecular weight excluding hydrogens is 384 g/mol. The van der Waals surface area contributed by atoms with E-state index in [9.17, 15) is 4.79 Å². The lowest BCUT2D eigenvalue weighted by molar-refractivity contribution is -0.127. The summed E-state index contributed by atoms with van der Waals surface area (Å²) in [6.07, 6.45) is 3.35. The van der Waals surface area contributed by atoms with Crippen molar-refractivity contribution in [3.05, 3.63) is 63.7 Å². The van der Waals surface area contributed by atoms with Crippen LogP contribution in [0.2, 0.25) is 5.02 Å². The maximum atomic E-state index is 12.5. The number of halogens is 1. The number of benzene rings is 2. The molecule has 2 aromatic carbocycles. The highest BCUT2D eigenvalue weighted by molar-refractivity contribution is 6.32. The summed E-state index contributed by atoms with van der Waals surface area (Å²) >= 11 is 6.20. The van der Waals surface area contributed by atoms with E-state index in [-0.39, 0.29) is 5.91 Å². The molecule has 0 spiro atoms. The number of rotatable bonds is 7. The number of hydrogen-bond donors (Lipinski definition) is 1. The Morgan fingerprint density at radius 3 is 2.45 bits per heavy atom. The van der Waals surface area contributed by atoms with Crippen LogP contribution in [0.25, 0.3) is 0 Å². The van der Waals surface area contributed by atoms with Crippen LogP contribution in [-0.4, -0.2) is 30.0 Å². The number of aryl methyl sites for hydroxylation is 2. The minimum absolute atomic E-state index is 0.128. The van der Waals surface area contributed by atoms with E-state index in [0.717, 1.165) is 28.3 Å². The zero-order chi connectivity index (χ0) is 20.8. The van der Waals surface area contributed by atoms with Crippen molar-refractivity contribution < 1.29 is 9.53 Å². The van der Waals surface area contributed by atoms with Crippen molar-refractivity contribution in [1.82, 2.24) is 10.2 Å². The molecular formula is C24H31ClN2O2. The molecule has 4 nitrogen and oxygen atoms in total. The van der Waals surface area contributed by atoms with Crippen molar-refractivity contribution >= 4 is 17.5 Å². The van der Waals surface area contributed by atoms with Gasteiger partial charge in [-0.1, -0.05) is 42.3 Å². The first-order valence-corrected chi connectivity index (χ1v) is 10.8. The van der Waals surface area contributed by atoms with Crippen LogP contribution in [0.15, 0.2) is 36.4 Å². The van der Waals surface area contributed by atoms with Crippen LogP contribution in [0.4, 0.5) is 0 Å². The van der Waals surface area contributed by atoms with E-state index >= 15 is 0 Å². The molecule has 29 heavy (non-hydrogen) atoms. The Kier molecular flexibility index (Phi) is 7.57. The topological polar surface area (TPSA) is 41.6 Å². The summed E-state index contributed by atoms with van der Waals surface area (Å²) in [7, 11) is 0. The zero-order valence-electron chi connectivity index (χ0n) is 17.6. The number of nitrogens with one attached hydrogen (secondary N) is 1. The first-order valence-electron chi connectivity index (χ1n) is 10.4. The predicted molar refractivity (Wildman–Crippen MR) is 118 cm³/mol. The molecule has 5 heteroatoms. The van der Waals surface area contributed by atoms with Crippen LogP contribution in [0.3, 0.4) is 0 Å². The minimum Gasteiger partial charge on any atom is -0.481 e. The largest absolute Gasteiger partial charge is 0.481 e. The molecule has 1 atom stereocenters. The van der Waals surface area contributed by atoms with E-state index < -0.39 is 6.10 Å². The number of likely N-dealkylation sites (tertiary alicyclic amines) is 1. The van der Waals surface area contributed by atoms with Gasteiger partial charge in [-0.05, 0) is 81.1 Å². The third-order valence-electron chi connectivity index (χ3n) is 5.41. The Balaban J connectivity index is 1.52. The minimum atomic E-state index is -0.577. The third-order valence-corrected chi connectivity index (χ3v) is 6.00. The van der Waals surface area contributed by atoms with Crippen molar-refractivity contribution in [3.8, 4) is 5.75 Å². The molecule has 1 saturated heterocycles. The summed E-state index contributed by atoms with van der Waals surface area (Å²) < 4.78 is 5.83. The summed E-state index contributed by atoms with van der Waals surface area (Å²) in [5.74, 6) is 0.535. The smallest absolute Gasteiger partial charge is 0.261 e. The van der Waals surface area contributed by atoms with Crippen molar-refractivity contribution in [2.45, 2.75) is 59.2 Å². The van der Waals surface area contributed by atoms with Gasteiger partial charge in [-0.3, -0.25) is 9.69 Å². The van der Waals surface area contributed by atoms with Crippen LogP contribution in [0.5, 0.6) is 5.75 Å². The summed E-state index contributed by atoms with van der Waals surface area (Å²) in [6.45, 7) is 9.48. The second kappa shape index (κ2) is 10.1. The lowest BCUT2D eigenvalue weighted by Gasteiger charge is -2.26. The van der Waals surface area contributed by atoms with Gasteiger partial charge in [-0.2, -0.15) is 0 Å². The molecule has 0 bridgehead atoms. The van der Waals surface area contributed by atoms with Gasteiger partial charge in [0.1, 0.15) is 5.75 Å². The van der Waals surface area contributed by atoms with Gasteiger partial charge >= 0.3 is 0 Å². The maximum Gasteiger partial charge on any atom is 0.261 e. The lowest BCUT2D eigenvalue weighted by atomic mass is 10.1. The number of piperidine rings is 1. The molecule has 1 aliphatic heterocycles.